The third kappa shape index (κ3) is 3.64. The summed E-state index contributed by atoms with van der Waals surface area (Å²) in [4.78, 5) is 25.4. The molecule has 6 nitrogen and oxygen atoms in total. The second kappa shape index (κ2) is 7.00. The third-order valence-electron chi connectivity index (χ3n) is 4.63. The standard InChI is InChI=1S/C17H21NO5/c19-16(20)13-8-14-11-22-7-6-15(14)18(9-13)17(21)23-10-12-4-2-1-3-5-12/h1-5,13-15H,6-11H2,(H,19,20)/t13-,14-,15-/m0/s1. The summed E-state index contributed by atoms with van der Waals surface area (Å²) in [6.07, 6.45) is 0.858. The number of benzene rings is 1. The molecule has 1 amide bonds. The van der Waals surface area contributed by atoms with Gasteiger partial charge in [-0.25, -0.2) is 4.79 Å². The van der Waals surface area contributed by atoms with Crippen LogP contribution < -0.4 is 0 Å². The average molecular weight is 319 g/mol. The van der Waals surface area contributed by atoms with Crippen LogP contribution in [0.5, 0.6) is 0 Å². The lowest BCUT2D eigenvalue weighted by atomic mass is 9.81. The first kappa shape index (κ1) is 15.8. The molecule has 124 valence electrons. The fraction of sp³-hybridized carbons (Fsp3) is 0.529. The largest absolute Gasteiger partial charge is 0.481 e. The van der Waals surface area contributed by atoms with Crippen LogP contribution >= 0.6 is 0 Å². The Bertz CT molecular complexity index is 561. The maximum Gasteiger partial charge on any atom is 0.410 e. The summed E-state index contributed by atoms with van der Waals surface area (Å²) >= 11 is 0. The second-order valence-electron chi connectivity index (χ2n) is 6.15. The maximum absolute atomic E-state index is 12.5. The molecule has 0 spiro atoms. The van der Waals surface area contributed by atoms with Crippen molar-refractivity contribution in [3.8, 4) is 0 Å². The number of nitrogens with zero attached hydrogens (tertiary/aromatic N) is 1. The van der Waals surface area contributed by atoms with E-state index in [0.717, 1.165) is 12.0 Å². The smallest absolute Gasteiger partial charge is 0.410 e. The number of ether oxygens (including phenoxy) is 2. The molecule has 2 fully saturated rings. The summed E-state index contributed by atoms with van der Waals surface area (Å²) in [7, 11) is 0. The van der Waals surface area contributed by atoms with Gasteiger partial charge in [-0.2, -0.15) is 0 Å². The number of hydrogen-bond acceptors (Lipinski definition) is 4. The number of amides is 1. The SMILES string of the molecule is O=C(O)[C@H]1C[C@H]2COCC[C@@H]2N(C(=O)OCc2ccccc2)C1. The van der Waals surface area contributed by atoms with Crippen molar-refractivity contribution in [3.05, 3.63) is 35.9 Å². The lowest BCUT2D eigenvalue weighted by Crippen LogP contribution is -2.56. The summed E-state index contributed by atoms with van der Waals surface area (Å²) in [5.41, 5.74) is 0.913. The first-order chi connectivity index (χ1) is 11.1. The number of carboxylic acids is 1. The number of rotatable bonds is 3. The van der Waals surface area contributed by atoms with Gasteiger partial charge in [-0.05, 0) is 18.4 Å². The minimum Gasteiger partial charge on any atom is -0.481 e. The molecular weight excluding hydrogens is 298 g/mol. The molecule has 0 aromatic heterocycles. The molecule has 2 aliphatic rings. The van der Waals surface area contributed by atoms with Crippen molar-refractivity contribution in [2.45, 2.75) is 25.5 Å². The topological polar surface area (TPSA) is 76.1 Å². The van der Waals surface area contributed by atoms with Crippen LogP contribution in [0.2, 0.25) is 0 Å². The number of carbonyl (C=O) groups is 2. The second-order valence-corrected chi connectivity index (χ2v) is 6.15. The number of aliphatic carboxylic acids is 1. The molecule has 1 aromatic rings. The van der Waals surface area contributed by atoms with Gasteiger partial charge in [0.15, 0.2) is 0 Å². The van der Waals surface area contributed by atoms with E-state index < -0.39 is 18.0 Å². The Morgan fingerprint density at radius 1 is 1.30 bits per heavy atom. The van der Waals surface area contributed by atoms with Crippen LogP contribution in [0.1, 0.15) is 18.4 Å². The van der Waals surface area contributed by atoms with E-state index in [1.54, 1.807) is 4.90 Å². The Hall–Kier alpha value is -2.08. The average Bonchev–Trinajstić information content (AvgIpc) is 2.59. The van der Waals surface area contributed by atoms with Gasteiger partial charge < -0.3 is 19.5 Å². The van der Waals surface area contributed by atoms with Crippen LogP contribution in [0.25, 0.3) is 0 Å². The molecule has 2 aliphatic heterocycles. The van der Waals surface area contributed by atoms with E-state index in [1.165, 1.54) is 0 Å². The van der Waals surface area contributed by atoms with E-state index in [9.17, 15) is 14.7 Å². The van der Waals surface area contributed by atoms with E-state index >= 15 is 0 Å². The third-order valence-corrected chi connectivity index (χ3v) is 4.63. The van der Waals surface area contributed by atoms with Crippen molar-refractivity contribution in [3.63, 3.8) is 0 Å². The van der Waals surface area contributed by atoms with Gasteiger partial charge in [-0.1, -0.05) is 30.3 Å². The van der Waals surface area contributed by atoms with Gasteiger partial charge in [-0.15, -0.1) is 0 Å². The molecule has 1 N–H and O–H groups in total. The van der Waals surface area contributed by atoms with Crippen LogP contribution in [0.15, 0.2) is 30.3 Å². The molecule has 0 radical (unpaired) electrons. The quantitative estimate of drug-likeness (QED) is 0.923. The van der Waals surface area contributed by atoms with Crippen LogP contribution in [0.3, 0.4) is 0 Å². The van der Waals surface area contributed by atoms with E-state index in [-0.39, 0.29) is 25.1 Å². The Morgan fingerprint density at radius 2 is 2.09 bits per heavy atom. The lowest BCUT2D eigenvalue weighted by molar-refractivity contribution is -0.147. The summed E-state index contributed by atoms with van der Waals surface area (Å²) in [6.45, 7) is 1.52. The molecule has 23 heavy (non-hydrogen) atoms. The van der Waals surface area contributed by atoms with Gasteiger partial charge >= 0.3 is 12.1 Å². The number of hydrogen-bond donors (Lipinski definition) is 1. The molecule has 2 heterocycles. The fourth-order valence-electron chi connectivity index (χ4n) is 3.42. The summed E-state index contributed by atoms with van der Waals surface area (Å²) < 4.78 is 10.9. The molecule has 0 saturated carbocycles. The van der Waals surface area contributed by atoms with Gasteiger partial charge in [0.05, 0.1) is 12.5 Å². The van der Waals surface area contributed by atoms with Crippen molar-refractivity contribution >= 4 is 12.1 Å². The Morgan fingerprint density at radius 3 is 2.83 bits per heavy atom. The van der Waals surface area contributed by atoms with E-state index in [2.05, 4.69) is 0 Å². The van der Waals surface area contributed by atoms with Gasteiger partial charge in [0, 0.05) is 25.1 Å². The normalized spacial score (nSPS) is 27.1. The number of likely N-dealkylation sites (tertiary alicyclic amines) is 1. The first-order valence-corrected chi connectivity index (χ1v) is 7.93. The van der Waals surface area contributed by atoms with E-state index in [4.69, 9.17) is 9.47 Å². The van der Waals surface area contributed by atoms with Crippen molar-refractivity contribution in [2.75, 3.05) is 19.8 Å². The van der Waals surface area contributed by atoms with Crippen LogP contribution in [-0.2, 0) is 20.9 Å². The first-order valence-electron chi connectivity index (χ1n) is 7.93. The number of carboxylic acid groups (broad SMARTS) is 1. The summed E-state index contributed by atoms with van der Waals surface area (Å²) in [5, 5.41) is 9.32. The van der Waals surface area contributed by atoms with Crippen molar-refractivity contribution in [2.24, 2.45) is 11.8 Å². The highest BCUT2D eigenvalue weighted by Crippen LogP contribution is 2.33. The molecule has 6 heteroatoms. The minimum absolute atomic E-state index is 0.0163. The van der Waals surface area contributed by atoms with Gasteiger partial charge in [-0.3, -0.25) is 4.79 Å². The zero-order chi connectivity index (χ0) is 16.2. The maximum atomic E-state index is 12.5. The Labute approximate surface area is 135 Å². The molecule has 3 rings (SSSR count). The van der Waals surface area contributed by atoms with Crippen LogP contribution in [0, 0.1) is 11.8 Å². The van der Waals surface area contributed by atoms with E-state index in [0.29, 0.717) is 19.6 Å². The predicted molar refractivity (Wildman–Crippen MR) is 81.8 cm³/mol. The highest BCUT2D eigenvalue weighted by atomic mass is 16.6. The monoisotopic (exact) mass is 319 g/mol. The van der Waals surface area contributed by atoms with Crippen LogP contribution in [-0.4, -0.2) is 47.9 Å². The molecule has 3 atom stereocenters. The fourth-order valence-corrected chi connectivity index (χ4v) is 3.42. The van der Waals surface area contributed by atoms with Gasteiger partial charge in [0.2, 0.25) is 0 Å². The summed E-state index contributed by atoms with van der Waals surface area (Å²) in [6, 6.07) is 9.47. The molecule has 2 saturated heterocycles. The zero-order valence-electron chi connectivity index (χ0n) is 12.9. The molecular formula is C17H21NO5. The molecule has 0 bridgehead atoms. The van der Waals surface area contributed by atoms with Gasteiger partial charge in [0.1, 0.15) is 6.61 Å². The minimum atomic E-state index is -0.866. The number of fused-ring (bicyclic) bond motifs is 1. The van der Waals surface area contributed by atoms with Crippen LogP contribution in [0.4, 0.5) is 4.79 Å². The lowest BCUT2D eigenvalue weighted by Gasteiger charge is -2.45. The van der Waals surface area contributed by atoms with Gasteiger partial charge in [0.25, 0.3) is 0 Å². The van der Waals surface area contributed by atoms with Crippen molar-refractivity contribution in [1.29, 1.82) is 0 Å². The number of carbonyl (C=O) groups excluding carboxylic acids is 1. The Kier molecular flexibility index (Phi) is 4.81. The number of piperidine rings is 1. The molecule has 1 aromatic carbocycles. The van der Waals surface area contributed by atoms with E-state index in [1.807, 2.05) is 30.3 Å². The Balaban J connectivity index is 1.67. The molecule has 0 aliphatic carbocycles. The van der Waals surface area contributed by atoms with Crippen molar-refractivity contribution < 1.29 is 24.2 Å². The predicted octanol–water partition coefficient (Wildman–Crippen LogP) is 2.13. The summed E-state index contributed by atoms with van der Waals surface area (Å²) in [5.74, 6) is -1.35. The van der Waals surface area contributed by atoms with Crippen molar-refractivity contribution in [1.82, 2.24) is 4.90 Å². The highest BCUT2D eigenvalue weighted by molar-refractivity contribution is 5.73. The zero-order valence-corrected chi connectivity index (χ0v) is 12.9. The highest BCUT2D eigenvalue weighted by Gasteiger charge is 2.43. The molecule has 0 unspecified atom stereocenters.